The first kappa shape index (κ1) is 11.8. The molecule has 2 nitrogen and oxygen atoms in total. The normalized spacial score (nSPS) is 43.4. The summed E-state index contributed by atoms with van der Waals surface area (Å²) in [7, 11) is 0. The number of nitrogens with two attached hydrogens (primary N) is 1. The van der Waals surface area contributed by atoms with Gasteiger partial charge in [-0.1, -0.05) is 6.92 Å². The monoisotopic (exact) mass is 272 g/mol. The van der Waals surface area contributed by atoms with Gasteiger partial charge in [0.1, 0.15) is 10.9 Å². The Balaban J connectivity index is 1.79. The molecule has 2 unspecified atom stereocenters. The van der Waals surface area contributed by atoms with E-state index in [1.54, 1.807) is 11.3 Å². The SMILES string of the molecule is CC12CC3CC(C1)CC(c1cc(N)c(C#N)s1)(C3)C2. The second-order valence-corrected chi connectivity index (χ2v) is 8.61. The van der Waals surface area contributed by atoms with Crippen molar-refractivity contribution in [3.05, 3.63) is 15.8 Å². The Bertz CT molecular complexity index is 566. The molecule has 2 N–H and O–H groups in total. The van der Waals surface area contributed by atoms with E-state index in [0.717, 1.165) is 16.7 Å². The van der Waals surface area contributed by atoms with E-state index < -0.39 is 0 Å². The standard InChI is InChI=1S/C16H20N2S/c1-15-4-10-2-11(5-15)7-16(6-10,9-15)14-3-12(18)13(8-17)19-14/h3,10-11H,2,4-7,9,18H2,1H3. The molecule has 4 aliphatic carbocycles. The van der Waals surface area contributed by atoms with Crippen LogP contribution in [0.25, 0.3) is 0 Å². The Morgan fingerprint density at radius 2 is 2.00 bits per heavy atom. The number of nitriles is 1. The fourth-order valence-corrected chi connectivity index (χ4v) is 6.85. The molecule has 19 heavy (non-hydrogen) atoms. The van der Waals surface area contributed by atoms with E-state index in [-0.39, 0.29) is 0 Å². The van der Waals surface area contributed by atoms with E-state index >= 15 is 0 Å². The summed E-state index contributed by atoms with van der Waals surface area (Å²) in [5, 5.41) is 9.14. The molecule has 4 saturated carbocycles. The molecular formula is C16H20N2S. The summed E-state index contributed by atoms with van der Waals surface area (Å²) in [6.07, 6.45) is 8.30. The zero-order valence-electron chi connectivity index (χ0n) is 11.4. The van der Waals surface area contributed by atoms with E-state index in [1.807, 2.05) is 0 Å². The van der Waals surface area contributed by atoms with Gasteiger partial charge >= 0.3 is 0 Å². The minimum atomic E-state index is 0.354. The van der Waals surface area contributed by atoms with Crippen molar-refractivity contribution in [1.82, 2.24) is 0 Å². The number of nitrogen functional groups attached to an aromatic ring is 1. The van der Waals surface area contributed by atoms with E-state index in [0.29, 0.717) is 16.5 Å². The Labute approximate surface area is 118 Å². The van der Waals surface area contributed by atoms with Crippen molar-refractivity contribution in [1.29, 1.82) is 5.26 Å². The molecule has 4 aliphatic rings. The Hall–Kier alpha value is -1.01. The summed E-state index contributed by atoms with van der Waals surface area (Å²) in [6.45, 7) is 2.49. The highest BCUT2D eigenvalue weighted by molar-refractivity contribution is 7.13. The number of thiophene rings is 1. The molecule has 5 rings (SSSR count). The fraction of sp³-hybridized carbons (Fsp3) is 0.688. The molecule has 3 heteroatoms. The summed E-state index contributed by atoms with van der Waals surface area (Å²) in [5.41, 5.74) is 7.59. The topological polar surface area (TPSA) is 49.8 Å². The molecule has 1 aromatic rings. The first-order valence-corrected chi connectivity index (χ1v) is 8.14. The molecule has 0 aromatic carbocycles. The number of anilines is 1. The minimum Gasteiger partial charge on any atom is -0.397 e. The van der Waals surface area contributed by atoms with Gasteiger partial charge in [0.05, 0.1) is 5.69 Å². The maximum absolute atomic E-state index is 9.14. The summed E-state index contributed by atoms with van der Waals surface area (Å²) >= 11 is 1.66. The van der Waals surface area contributed by atoms with Crippen molar-refractivity contribution >= 4 is 17.0 Å². The highest BCUT2D eigenvalue weighted by Crippen LogP contribution is 2.66. The van der Waals surface area contributed by atoms with Crippen LogP contribution in [-0.2, 0) is 5.41 Å². The molecule has 0 spiro atoms. The van der Waals surface area contributed by atoms with Crippen LogP contribution in [0.1, 0.15) is 55.2 Å². The maximum Gasteiger partial charge on any atom is 0.128 e. The molecule has 1 aromatic heterocycles. The lowest BCUT2D eigenvalue weighted by molar-refractivity contribution is -0.0602. The van der Waals surface area contributed by atoms with Gasteiger partial charge in [0.25, 0.3) is 0 Å². The quantitative estimate of drug-likeness (QED) is 0.838. The number of rotatable bonds is 1. The lowest BCUT2D eigenvalue weighted by Crippen LogP contribution is -2.52. The van der Waals surface area contributed by atoms with Crippen LogP contribution < -0.4 is 5.73 Å². The van der Waals surface area contributed by atoms with E-state index in [9.17, 15) is 0 Å². The molecule has 0 saturated heterocycles. The van der Waals surface area contributed by atoms with Crippen molar-refractivity contribution in [2.45, 2.75) is 50.9 Å². The highest BCUT2D eigenvalue weighted by atomic mass is 32.1. The van der Waals surface area contributed by atoms with E-state index in [1.165, 1.54) is 43.4 Å². The molecule has 1 heterocycles. The van der Waals surface area contributed by atoms with Gasteiger partial charge in [-0.2, -0.15) is 5.26 Å². The Morgan fingerprint density at radius 3 is 2.53 bits per heavy atom. The average molecular weight is 272 g/mol. The molecule has 0 aliphatic heterocycles. The van der Waals surface area contributed by atoms with Gasteiger partial charge in [-0.3, -0.25) is 0 Å². The summed E-state index contributed by atoms with van der Waals surface area (Å²) in [5.74, 6) is 1.83. The van der Waals surface area contributed by atoms with Crippen LogP contribution in [0.2, 0.25) is 0 Å². The first-order chi connectivity index (χ1) is 9.02. The second-order valence-electron chi connectivity index (χ2n) is 7.56. The predicted octanol–water partition coefficient (Wildman–Crippen LogP) is 4.06. The van der Waals surface area contributed by atoms with Crippen LogP contribution >= 0.6 is 11.3 Å². The van der Waals surface area contributed by atoms with Gasteiger partial charge in [-0.25, -0.2) is 0 Å². The Kier molecular flexibility index (Phi) is 2.20. The van der Waals surface area contributed by atoms with Gasteiger partial charge in [0.15, 0.2) is 0 Å². The number of hydrogen-bond donors (Lipinski definition) is 1. The third kappa shape index (κ3) is 1.59. The number of hydrogen-bond acceptors (Lipinski definition) is 3. The molecule has 0 radical (unpaired) electrons. The zero-order chi connectivity index (χ0) is 13.3. The van der Waals surface area contributed by atoms with Crippen molar-refractivity contribution in [3.8, 4) is 6.07 Å². The van der Waals surface area contributed by atoms with Crippen LogP contribution in [0.4, 0.5) is 5.69 Å². The smallest absolute Gasteiger partial charge is 0.128 e. The van der Waals surface area contributed by atoms with Gasteiger partial charge < -0.3 is 5.73 Å². The van der Waals surface area contributed by atoms with Gasteiger partial charge in [-0.15, -0.1) is 11.3 Å². The second kappa shape index (κ2) is 3.55. The minimum absolute atomic E-state index is 0.354. The molecule has 0 amide bonds. The van der Waals surface area contributed by atoms with Gasteiger partial charge in [0, 0.05) is 10.3 Å². The van der Waals surface area contributed by atoms with Crippen LogP contribution in [0, 0.1) is 28.6 Å². The molecule has 100 valence electrons. The average Bonchev–Trinajstić information content (AvgIpc) is 2.68. The maximum atomic E-state index is 9.14. The van der Waals surface area contributed by atoms with Gasteiger partial charge in [0.2, 0.25) is 0 Å². The third-order valence-corrected chi connectivity index (χ3v) is 7.04. The highest BCUT2D eigenvalue weighted by Gasteiger charge is 2.56. The summed E-state index contributed by atoms with van der Waals surface area (Å²) in [6, 6.07) is 4.36. The first-order valence-electron chi connectivity index (χ1n) is 7.32. The molecule has 4 bridgehead atoms. The van der Waals surface area contributed by atoms with Crippen LogP contribution in [0.3, 0.4) is 0 Å². The van der Waals surface area contributed by atoms with Crippen LogP contribution in [0.5, 0.6) is 0 Å². The van der Waals surface area contributed by atoms with E-state index in [2.05, 4.69) is 19.1 Å². The molecule has 4 fully saturated rings. The predicted molar refractivity (Wildman–Crippen MR) is 77.9 cm³/mol. The van der Waals surface area contributed by atoms with Crippen molar-refractivity contribution in [2.24, 2.45) is 17.3 Å². The number of nitrogens with zero attached hydrogens (tertiary/aromatic N) is 1. The van der Waals surface area contributed by atoms with E-state index in [4.69, 9.17) is 11.0 Å². The van der Waals surface area contributed by atoms with Crippen molar-refractivity contribution in [3.63, 3.8) is 0 Å². The van der Waals surface area contributed by atoms with Gasteiger partial charge in [-0.05, 0) is 61.8 Å². The summed E-state index contributed by atoms with van der Waals surface area (Å²) in [4.78, 5) is 2.12. The fourth-order valence-electron chi connectivity index (χ4n) is 5.76. The van der Waals surface area contributed by atoms with Crippen LogP contribution in [0.15, 0.2) is 6.07 Å². The Morgan fingerprint density at radius 1 is 1.32 bits per heavy atom. The zero-order valence-corrected chi connectivity index (χ0v) is 12.2. The van der Waals surface area contributed by atoms with Crippen molar-refractivity contribution < 1.29 is 0 Å². The molecular weight excluding hydrogens is 252 g/mol. The molecule has 2 atom stereocenters. The van der Waals surface area contributed by atoms with Crippen molar-refractivity contribution in [2.75, 3.05) is 5.73 Å². The lowest BCUT2D eigenvalue weighted by Gasteiger charge is -2.61. The van der Waals surface area contributed by atoms with Crippen LogP contribution in [-0.4, -0.2) is 0 Å². The lowest BCUT2D eigenvalue weighted by atomic mass is 9.44. The largest absolute Gasteiger partial charge is 0.397 e. The summed E-state index contributed by atoms with van der Waals surface area (Å²) < 4.78 is 0. The third-order valence-electron chi connectivity index (χ3n) is 5.74.